The minimum atomic E-state index is 0.422. The van der Waals surface area contributed by atoms with Crippen LogP contribution in [-0.4, -0.2) is 20.8 Å². The second kappa shape index (κ2) is 5.72. The first-order valence-electron chi connectivity index (χ1n) is 6.40. The Morgan fingerprint density at radius 3 is 2.63 bits per heavy atom. The maximum absolute atomic E-state index is 6.34. The van der Waals surface area contributed by atoms with Crippen LogP contribution in [-0.2, 0) is 6.54 Å². The van der Waals surface area contributed by atoms with Crippen LogP contribution in [0.15, 0.2) is 18.2 Å². The zero-order valence-electron chi connectivity index (χ0n) is 11.7. The van der Waals surface area contributed by atoms with Crippen molar-refractivity contribution in [3.8, 4) is 5.69 Å². The van der Waals surface area contributed by atoms with Crippen LogP contribution >= 0.6 is 11.6 Å². The van der Waals surface area contributed by atoms with Crippen LogP contribution in [0.1, 0.15) is 31.1 Å². The average Bonchev–Trinajstić information content (AvgIpc) is 2.65. The lowest BCUT2D eigenvalue weighted by Gasteiger charge is -2.14. The Balaban J connectivity index is 2.46. The van der Waals surface area contributed by atoms with E-state index in [0.717, 1.165) is 29.4 Å². The van der Waals surface area contributed by atoms with E-state index in [2.05, 4.69) is 35.3 Å². The molecule has 4 nitrogen and oxygen atoms in total. The molecule has 0 saturated carbocycles. The number of benzene rings is 1. The summed E-state index contributed by atoms with van der Waals surface area (Å²) >= 11 is 6.34. The van der Waals surface area contributed by atoms with E-state index in [-0.39, 0.29) is 0 Å². The van der Waals surface area contributed by atoms with Crippen molar-refractivity contribution in [2.24, 2.45) is 0 Å². The first-order chi connectivity index (χ1) is 8.99. The highest BCUT2D eigenvalue weighted by atomic mass is 35.5. The predicted molar refractivity (Wildman–Crippen MR) is 77.8 cm³/mol. The van der Waals surface area contributed by atoms with Crippen molar-refractivity contribution < 1.29 is 0 Å². The second-order valence-electron chi connectivity index (χ2n) is 4.90. The fourth-order valence-corrected chi connectivity index (χ4v) is 2.26. The van der Waals surface area contributed by atoms with Gasteiger partial charge in [0.05, 0.1) is 10.7 Å². The molecule has 0 saturated heterocycles. The molecular formula is C14H19ClN4. The fraction of sp³-hybridized carbons (Fsp3) is 0.429. The number of rotatable bonds is 4. The van der Waals surface area contributed by atoms with Gasteiger partial charge in [-0.1, -0.05) is 37.6 Å². The molecule has 102 valence electrons. The number of aryl methyl sites for hydroxylation is 2. The minimum Gasteiger partial charge on any atom is -0.310 e. The molecule has 1 aromatic heterocycles. The molecule has 0 aliphatic heterocycles. The molecule has 0 spiro atoms. The van der Waals surface area contributed by atoms with Gasteiger partial charge < -0.3 is 5.32 Å². The average molecular weight is 279 g/mol. The lowest BCUT2D eigenvalue weighted by molar-refractivity contribution is 0.586. The second-order valence-corrected chi connectivity index (χ2v) is 5.31. The number of aromatic nitrogens is 3. The Labute approximate surface area is 118 Å². The van der Waals surface area contributed by atoms with Gasteiger partial charge in [-0.05, 0) is 25.5 Å². The number of para-hydroxylation sites is 1. The van der Waals surface area contributed by atoms with Crippen LogP contribution in [0.25, 0.3) is 5.69 Å². The summed E-state index contributed by atoms with van der Waals surface area (Å²) < 4.78 is 1.81. The molecule has 0 aliphatic rings. The van der Waals surface area contributed by atoms with Crippen LogP contribution < -0.4 is 5.32 Å². The zero-order valence-corrected chi connectivity index (χ0v) is 12.5. The predicted octanol–water partition coefficient (Wildman–Crippen LogP) is 3.04. The summed E-state index contributed by atoms with van der Waals surface area (Å²) in [4.78, 5) is 4.34. The van der Waals surface area contributed by atoms with E-state index >= 15 is 0 Å². The van der Waals surface area contributed by atoms with Gasteiger partial charge >= 0.3 is 0 Å². The molecule has 0 radical (unpaired) electrons. The Morgan fingerprint density at radius 2 is 2.05 bits per heavy atom. The Kier molecular flexibility index (Phi) is 4.22. The van der Waals surface area contributed by atoms with Crippen LogP contribution in [0.5, 0.6) is 0 Å². The molecule has 19 heavy (non-hydrogen) atoms. The zero-order chi connectivity index (χ0) is 14.0. The standard InChI is InChI=1S/C14H19ClN4/c1-9(2)16-8-12-6-5-7-13(15)14(12)19-11(4)17-10(3)18-19/h5-7,9,16H,8H2,1-4H3. The van der Waals surface area contributed by atoms with E-state index in [1.807, 2.05) is 30.7 Å². The summed E-state index contributed by atoms with van der Waals surface area (Å²) in [6.07, 6.45) is 0. The number of hydrogen-bond donors (Lipinski definition) is 1. The SMILES string of the molecule is Cc1nc(C)n(-c2c(Cl)cccc2CNC(C)C)n1. The van der Waals surface area contributed by atoms with Gasteiger partial charge in [0.2, 0.25) is 0 Å². The molecule has 0 atom stereocenters. The third-order valence-electron chi connectivity index (χ3n) is 2.86. The molecule has 1 heterocycles. The van der Waals surface area contributed by atoms with Crippen molar-refractivity contribution >= 4 is 11.6 Å². The third kappa shape index (κ3) is 3.14. The van der Waals surface area contributed by atoms with Crippen LogP contribution in [0, 0.1) is 13.8 Å². The highest BCUT2D eigenvalue weighted by molar-refractivity contribution is 6.32. The highest BCUT2D eigenvalue weighted by Crippen LogP contribution is 2.25. The van der Waals surface area contributed by atoms with Crippen molar-refractivity contribution in [3.05, 3.63) is 40.4 Å². The molecule has 1 N–H and O–H groups in total. The van der Waals surface area contributed by atoms with E-state index in [0.29, 0.717) is 11.1 Å². The molecule has 0 unspecified atom stereocenters. The Morgan fingerprint density at radius 1 is 1.32 bits per heavy atom. The van der Waals surface area contributed by atoms with E-state index in [9.17, 15) is 0 Å². The largest absolute Gasteiger partial charge is 0.310 e. The van der Waals surface area contributed by atoms with E-state index in [4.69, 9.17) is 11.6 Å². The van der Waals surface area contributed by atoms with Gasteiger partial charge in [-0.15, -0.1) is 0 Å². The normalized spacial score (nSPS) is 11.3. The minimum absolute atomic E-state index is 0.422. The number of hydrogen-bond acceptors (Lipinski definition) is 3. The van der Waals surface area contributed by atoms with Gasteiger partial charge in [-0.2, -0.15) is 5.10 Å². The van der Waals surface area contributed by atoms with E-state index in [1.54, 1.807) is 0 Å². The van der Waals surface area contributed by atoms with Gasteiger partial charge in [0, 0.05) is 12.6 Å². The number of nitrogens with one attached hydrogen (secondary N) is 1. The molecule has 0 fully saturated rings. The van der Waals surface area contributed by atoms with Crippen molar-refractivity contribution in [2.75, 3.05) is 0 Å². The lowest BCUT2D eigenvalue weighted by atomic mass is 10.1. The quantitative estimate of drug-likeness (QED) is 0.935. The van der Waals surface area contributed by atoms with Gasteiger partial charge in [0.1, 0.15) is 11.6 Å². The first kappa shape index (κ1) is 14.0. The smallest absolute Gasteiger partial charge is 0.148 e. The first-order valence-corrected chi connectivity index (χ1v) is 6.78. The molecule has 0 bridgehead atoms. The van der Waals surface area contributed by atoms with Gasteiger partial charge in [-0.3, -0.25) is 0 Å². The van der Waals surface area contributed by atoms with E-state index < -0.39 is 0 Å². The monoisotopic (exact) mass is 278 g/mol. The summed E-state index contributed by atoms with van der Waals surface area (Å²) in [5.74, 6) is 1.59. The van der Waals surface area contributed by atoms with Crippen molar-refractivity contribution in [2.45, 2.75) is 40.3 Å². The summed E-state index contributed by atoms with van der Waals surface area (Å²) in [6.45, 7) is 8.81. The molecule has 1 aromatic carbocycles. The fourth-order valence-electron chi connectivity index (χ4n) is 1.99. The third-order valence-corrected chi connectivity index (χ3v) is 3.16. The van der Waals surface area contributed by atoms with Crippen molar-refractivity contribution in [3.63, 3.8) is 0 Å². The lowest BCUT2D eigenvalue weighted by Crippen LogP contribution is -2.23. The van der Waals surface area contributed by atoms with Crippen LogP contribution in [0.2, 0.25) is 5.02 Å². The Hall–Kier alpha value is -1.39. The summed E-state index contributed by atoms with van der Waals surface area (Å²) in [6, 6.07) is 6.33. The van der Waals surface area contributed by atoms with Gasteiger partial charge in [0.25, 0.3) is 0 Å². The molecular weight excluding hydrogens is 260 g/mol. The molecule has 0 aliphatic carbocycles. The topological polar surface area (TPSA) is 42.7 Å². The summed E-state index contributed by atoms with van der Waals surface area (Å²) in [5.41, 5.74) is 2.03. The van der Waals surface area contributed by atoms with Crippen molar-refractivity contribution in [1.82, 2.24) is 20.1 Å². The number of nitrogens with zero attached hydrogens (tertiary/aromatic N) is 3. The Bertz CT molecular complexity index is 575. The van der Waals surface area contributed by atoms with Gasteiger partial charge in [0.15, 0.2) is 0 Å². The molecule has 2 rings (SSSR count). The maximum Gasteiger partial charge on any atom is 0.148 e. The molecule has 5 heteroatoms. The number of halogens is 1. The van der Waals surface area contributed by atoms with Gasteiger partial charge in [-0.25, -0.2) is 9.67 Å². The van der Waals surface area contributed by atoms with Crippen LogP contribution in [0.3, 0.4) is 0 Å². The highest BCUT2D eigenvalue weighted by Gasteiger charge is 2.13. The molecule has 2 aromatic rings. The van der Waals surface area contributed by atoms with Crippen molar-refractivity contribution in [1.29, 1.82) is 0 Å². The molecule has 0 amide bonds. The maximum atomic E-state index is 6.34. The van der Waals surface area contributed by atoms with Crippen LogP contribution in [0.4, 0.5) is 0 Å². The summed E-state index contributed by atoms with van der Waals surface area (Å²) in [5, 5.41) is 8.52. The summed E-state index contributed by atoms with van der Waals surface area (Å²) in [7, 11) is 0. The van der Waals surface area contributed by atoms with E-state index in [1.165, 1.54) is 0 Å².